The van der Waals surface area contributed by atoms with Gasteiger partial charge in [-0.05, 0) is 120 Å². The van der Waals surface area contributed by atoms with Gasteiger partial charge in [0.15, 0.2) is 0 Å². The normalized spacial score (nSPS) is 14.3. The number of hydrogen-bond acceptors (Lipinski definition) is 0. The number of rotatable bonds is 11. The highest BCUT2D eigenvalue weighted by atomic mass is 14.1. The molecule has 0 fully saturated rings. The van der Waals surface area contributed by atoms with E-state index in [-0.39, 0.29) is 0 Å². The van der Waals surface area contributed by atoms with E-state index in [1.165, 1.54) is 66.8 Å². The van der Waals surface area contributed by atoms with E-state index in [0.29, 0.717) is 0 Å². The lowest BCUT2D eigenvalue weighted by Crippen LogP contribution is -1.89. The first-order valence-corrected chi connectivity index (χ1v) is 14.7. The summed E-state index contributed by atoms with van der Waals surface area (Å²) in [5, 5.41) is 0. The molecule has 0 aliphatic rings. The van der Waals surface area contributed by atoms with Gasteiger partial charge in [-0.25, -0.2) is 0 Å². The first-order chi connectivity index (χ1) is 19.5. The van der Waals surface area contributed by atoms with Crippen LogP contribution in [0.2, 0.25) is 0 Å². The van der Waals surface area contributed by atoms with Gasteiger partial charge in [-0.2, -0.15) is 0 Å². The van der Waals surface area contributed by atoms with Crippen molar-refractivity contribution in [3.63, 3.8) is 0 Å². The predicted molar refractivity (Wildman–Crippen MR) is 186 cm³/mol. The number of benzene rings is 2. The summed E-state index contributed by atoms with van der Waals surface area (Å²) in [6.45, 7) is 21.7. The van der Waals surface area contributed by atoms with Crippen LogP contribution in [0.3, 0.4) is 0 Å². The van der Waals surface area contributed by atoms with Crippen LogP contribution in [0.5, 0.6) is 0 Å². The maximum atomic E-state index is 2.25. The van der Waals surface area contributed by atoms with E-state index in [2.05, 4.69) is 179 Å². The third-order valence-corrected chi connectivity index (χ3v) is 7.54. The Bertz CT molecular complexity index is 1470. The minimum atomic E-state index is 0.916. The van der Waals surface area contributed by atoms with Gasteiger partial charge in [0.25, 0.3) is 0 Å². The van der Waals surface area contributed by atoms with E-state index < -0.39 is 0 Å². The van der Waals surface area contributed by atoms with E-state index in [0.717, 1.165) is 6.42 Å². The van der Waals surface area contributed by atoms with E-state index in [9.17, 15) is 0 Å². The summed E-state index contributed by atoms with van der Waals surface area (Å²) >= 11 is 0. The maximum Gasteiger partial charge on any atom is -0.0160 e. The van der Waals surface area contributed by atoms with Crippen molar-refractivity contribution in [1.29, 1.82) is 0 Å². The van der Waals surface area contributed by atoms with Gasteiger partial charge in [-0.1, -0.05) is 132 Å². The number of hydrogen-bond donors (Lipinski definition) is 0. The summed E-state index contributed by atoms with van der Waals surface area (Å²) in [5.74, 6) is 0. The molecule has 0 bridgehead atoms. The molecule has 0 nitrogen and oxygen atoms in total. The standard InChI is InChI=1S/C41H50/c1-30(18-14-20-32(3)22-28-40-36(7)26-24-34(5)38(40)9)16-12-11-13-17-31(2)19-15-21-33(4)23-29-41-37(8)27-25-35(6)39(41)10/h11-12,14-29H,13H2,1-10H3/b12-11+,18-14+,19-15+,28-22+,29-23+,30-16+,31-17+,32-20+,33-21+. The Labute approximate surface area is 251 Å². The van der Waals surface area contributed by atoms with Crippen molar-refractivity contribution in [3.05, 3.63) is 164 Å². The van der Waals surface area contributed by atoms with Gasteiger partial charge in [0.2, 0.25) is 0 Å². The second kappa shape index (κ2) is 17.0. The van der Waals surface area contributed by atoms with Crippen LogP contribution < -0.4 is 0 Å². The van der Waals surface area contributed by atoms with Gasteiger partial charge in [0, 0.05) is 0 Å². The van der Waals surface area contributed by atoms with Crippen LogP contribution in [0.4, 0.5) is 0 Å². The van der Waals surface area contributed by atoms with E-state index in [4.69, 9.17) is 0 Å². The summed E-state index contributed by atoms with van der Waals surface area (Å²) in [6.07, 6.45) is 31.4. The molecule has 0 heteroatoms. The summed E-state index contributed by atoms with van der Waals surface area (Å²) in [5.41, 5.74) is 15.6. The smallest absolute Gasteiger partial charge is 0.0160 e. The maximum absolute atomic E-state index is 2.25. The van der Waals surface area contributed by atoms with Crippen LogP contribution in [-0.2, 0) is 0 Å². The molecule has 0 amide bonds. The summed E-state index contributed by atoms with van der Waals surface area (Å²) in [7, 11) is 0. The molecule has 0 unspecified atom stereocenters. The Kier molecular flexibility index (Phi) is 13.8. The fraction of sp³-hybridized carbons (Fsp3) is 0.268. The van der Waals surface area contributed by atoms with Crippen LogP contribution in [-0.4, -0.2) is 0 Å². The van der Waals surface area contributed by atoms with Crippen molar-refractivity contribution in [2.75, 3.05) is 0 Å². The molecule has 0 saturated carbocycles. The molecule has 2 aromatic rings. The molecule has 0 heterocycles. The van der Waals surface area contributed by atoms with E-state index in [1.807, 2.05) is 0 Å². The van der Waals surface area contributed by atoms with Crippen molar-refractivity contribution in [2.24, 2.45) is 0 Å². The SMILES string of the molecule is CC(/C=C/C=C(C)/C=C/c1c(C)ccc(C)c1C)=C\C=C\C/C=C(C)/C=C/C=C(C)/C=C/c1c(C)ccc(C)c1C. The largest absolute Gasteiger partial charge is 0.0807 e. The molecule has 0 radical (unpaired) electrons. The second-order valence-electron chi connectivity index (χ2n) is 11.2. The Morgan fingerprint density at radius 2 is 0.878 bits per heavy atom. The predicted octanol–water partition coefficient (Wildman–Crippen LogP) is 12.1. The van der Waals surface area contributed by atoms with E-state index in [1.54, 1.807) is 0 Å². The van der Waals surface area contributed by atoms with E-state index >= 15 is 0 Å². The zero-order chi connectivity index (χ0) is 30.4. The molecule has 0 N–H and O–H groups in total. The molecule has 2 aromatic carbocycles. The minimum absolute atomic E-state index is 0.916. The van der Waals surface area contributed by atoms with Gasteiger partial charge in [0.05, 0.1) is 0 Å². The second-order valence-corrected chi connectivity index (χ2v) is 11.2. The molecule has 41 heavy (non-hydrogen) atoms. The van der Waals surface area contributed by atoms with Crippen LogP contribution in [0.25, 0.3) is 12.2 Å². The lowest BCUT2D eigenvalue weighted by molar-refractivity contribution is 1.28. The third kappa shape index (κ3) is 11.6. The molecule has 0 spiro atoms. The highest BCUT2D eigenvalue weighted by Crippen LogP contribution is 2.21. The zero-order valence-electron chi connectivity index (χ0n) is 27.1. The van der Waals surface area contributed by atoms with Gasteiger partial charge in [-0.3, -0.25) is 0 Å². The van der Waals surface area contributed by atoms with Gasteiger partial charge in [-0.15, -0.1) is 0 Å². The highest BCUT2D eigenvalue weighted by molar-refractivity contribution is 5.62. The summed E-state index contributed by atoms with van der Waals surface area (Å²) in [4.78, 5) is 0. The third-order valence-electron chi connectivity index (χ3n) is 7.54. The molecular formula is C41H50. The Balaban J connectivity index is 1.86. The number of aryl methyl sites for hydroxylation is 4. The fourth-order valence-corrected chi connectivity index (χ4v) is 4.38. The molecule has 0 saturated heterocycles. The zero-order valence-corrected chi connectivity index (χ0v) is 27.1. The Hall–Kier alpha value is -3.90. The average molecular weight is 543 g/mol. The van der Waals surface area contributed by atoms with Gasteiger partial charge < -0.3 is 0 Å². The van der Waals surface area contributed by atoms with Crippen molar-refractivity contribution >= 4 is 12.2 Å². The van der Waals surface area contributed by atoms with Crippen molar-refractivity contribution < 1.29 is 0 Å². The molecule has 0 aliphatic carbocycles. The van der Waals surface area contributed by atoms with Crippen molar-refractivity contribution in [1.82, 2.24) is 0 Å². The quantitative estimate of drug-likeness (QED) is 0.248. The van der Waals surface area contributed by atoms with Gasteiger partial charge >= 0.3 is 0 Å². The van der Waals surface area contributed by atoms with Crippen LogP contribution in [0.1, 0.15) is 78.6 Å². The van der Waals surface area contributed by atoms with Crippen LogP contribution in [0.15, 0.2) is 119 Å². The lowest BCUT2D eigenvalue weighted by Gasteiger charge is -2.08. The monoisotopic (exact) mass is 542 g/mol. The molecule has 2 rings (SSSR count). The molecule has 0 aliphatic heterocycles. The summed E-state index contributed by atoms with van der Waals surface area (Å²) in [6, 6.07) is 8.79. The highest BCUT2D eigenvalue weighted by Gasteiger charge is 2.02. The molecule has 0 aromatic heterocycles. The lowest BCUT2D eigenvalue weighted by atomic mass is 9.97. The Morgan fingerprint density at radius 1 is 0.488 bits per heavy atom. The Morgan fingerprint density at radius 3 is 1.37 bits per heavy atom. The minimum Gasteiger partial charge on any atom is -0.0807 e. The average Bonchev–Trinajstić information content (AvgIpc) is 2.92. The summed E-state index contributed by atoms with van der Waals surface area (Å²) < 4.78 is 0. The van der Waals surface area contributed by atoms with Crippen molar-refractivity contribution in [3.8, 4) is 0 Å². The topological polar surface area (TPSA) is 0 Å². The van der Waals surface area contributed by atoms with Gasteiger partial charge in [0.1, 0.15) is 0 Å². The van der Waals surface area contributed by atoms with Crippen LogP contribution in [0, 0.1) is 41.5 Å². The molecule has 0 atom stereocenters. The molecule has 214 valence electrons. The van der Waals surface area contributed by atoms with Crippen molar-refractivity contribution in [2.45, 2.75) is 75.7 Å². The molecular weight excluding hydrogens is 492 g/mol. The first kappa shape index (κ1) is 33.3. The number of allylic oxidation sites excluding steroid dienone is 16. The van der Waals surface area contributed by atoms with Crippen LogP contribution >= 0.6 is 0 Å². The first-order valence-electron chi connectivity index (χ1n) is 14.7. The fourth-order valence-electron chi connectivity index (χ4n) is 4.38.